The minimum atomic E-state index is -1.34. The summed E-state index contributed by atoms with van der Waals surface area (Å²) in [6.07, 6.45) is 1.84. The van der Waals surface area contributed by atoms with Crippen molar-refractivity contribution < 1.29 is 18.8 Å². The van der Waals surface area contributed by atoms with Gasteiger partial charge in [-0.1, -0.05) is 65.9 Å². The van der Waals surface area contributed by atoms with E-state index in [-0.39, 0.29) is 6.04 Å². The predicted molar refractivity (Wildman–Crippen MR) is 151 cm³/mol. The van der Waals surface area contributed by atoms with Crippen LogP contribution in [0.5, 0.6) is 0 Å². The van der Waals surface area contributed by atoms with Crippen molar-refractivity contribution in [2.45, 2.75) is 71.0 Å². The fraction of sp³-hybridized carbons (Fsp3) is 0.429. The van der Waals surface area contributed by atoms with Crippen LogP contribution in [0.2, 0.25) is 0 Å². The Bertz CT molecular complexity index is 1140. The molecule has 0 aliphatic rings. The number of ether oxygens (including phenoxy) is 2. The molecule has 2 unspecified atom stereocenters. The fourth-order valence-corrected chi connectivity index (χ4v) is 5.19. The van der Waals surface area contributed by atoms with Crippen LogP contribution in [0.15, 0.2) is 60.8 Å². The summed E-state index contributed by atoms with van der Waals surface area (Å²) < 4.78 is 27.3. The van der Waals surface area contributed by atoms with Crippen molar-refractivity contribution in [3.05, 3.63) is 82.4 Å². The van der Waals surface area contributed by atoms with Gasteiger partial charge in [0.15, 0.2) is 5.13 Å². The summed E-state index contributed by atoms with van der Waals surface area (Å²) in [6, 6.07) is 17.8. The molecule has 2 atom stereocenters. The molecule has 0 saturated heterocycles. The van der Waals surface area contributed by atoms with E-state index in [4.69, 9.17) is 9.47 Å². The van der Waals surface area contributed by atoms with Gasteiger partial charge in [0.05, 0.1) is 18.1 Å². The third kappa shape index (κ3) is 9.43. The second-order valence-electron chi connectivity index (χ2n) is 10.6. The number of anilines is 1. The number of amides is 1. The van der Waals surface area contributed by atoms with Crippen molar-refractivity contribution in [3.8, 4) is 0 Å². The van der Waals surface area contributed by atoms with E-state index in [0.29, 0.717) is 24.8 Å². The number of benzene rings is 2. The summed E-state index contributed by atoms with van der Waals surface area (Å²) in [5.41, 5.74) is 2.61. The van der Waals surface area contributed by atoms with Gasteiger partial charge >= 0.3 is 6.09 Å². The number of hydrogen-bond acceptors (Lipinski definition) is 7. The Balaban J connectivity index is 1.80. The van der Waals surface area contributed by atoms with Crippen LogP contribution in [0, 0.1) is 0 Å². The van der Waals surface area contributed by atoms with E-state index in [9.17, 15) is 9.35 Å². The molecule has 1 heterocycles. The van der Waals surface area contributed by atoms with Crippen LogP contribution in [0.1, 0.15) is 69.2 Å². The molecule has 9 heteroatoms. The zero-order valence-electron chi connectivity index (χ0n) is 22.4. The maximum absolute atomic E-state index is 13.2. The molecule has 3 aromatic rings. The Hall–Kier alpha value is -2.43. The maximum atomic E-state index is 13.2. The molecule has 7 nitrogen and oxygen atoms in total. The molecule has 2 aromatic carbocycles. The van der Waals surface area contributed by atoms with Gasteiger partial charge in [0.1, 0.15) is 16.4 Å². The second-order valence-corrected chi connectivity index (χ2v) is 13.7. The summed E-state index contributed by atoms with van der Waals surface area (Å²) in [6.45, 7) is 12.3. The van der Waals surface area contributed by atoms with E-state index in [1.165, 1.54) is 11.3 Å². The van der Waals surface area contributed by atoms with Gasteiger partial charge in [0.25, 0.3) is 0 Å². The lowest BCUT2D eigenvalue weighted by atomic mass is 9.98. The summed E-state index contributed by atoms with van der Waals surface area (Å²) in [7, 11) is 0. The lowest BCUT2D eigenvalue weighted by molar-refractivity contribution is 0.0636. The highest BCUT2D eigenvalue weighted by Crippen LogP contribution is 2.33. The lowest BCUT2D eigenvalue weighted by Gasteiger charge is -2.28. The van der Waals surface area contributed by atoms with Crippen molar-refractivity contribution in [2.24, 2.45) is 0 Å². The largest absolute Gasteiger partial charge is 0.598 e. The van der Waals surface area contributed by atoms with Gasteiger partial charge in [0.2, 0.25) is 0 Å². The van der Waals surface area contributed by atoms with E-state index in [2.05, 4.69) is 21.1 Å². The van der Waals surface area contributed by atoms with E-state index in [1.807, 2.05) is 90.1 Å². The SMILES string of the molecule is CC(C)(C)OC(=O)Nc1ncc(C(N[S+]([O-])C(C)(C)C)c2ccccc2CCOCc2ccccc2)s1. The molecule has 37 heavy (non-hydrogen) atoms. The first-order chi connectivity index (χ1) is 17.4. The van der Waals surface area contributed by atoms with E-state index < -0.39 is 27.8 Å². The van der Waals surface area contributed by atoms with Crippen molar-refractivity contribution in [1.29, 1.82) is 0 Å². The Morgan fingerprint density at radius 2 is 1.73 bits per heavy atom. The summed E-state index contributed by atoms with van der Waals surface area (Å²) in [5.74, 6) is 0. The highest BCUT2D eigenvalue weighted by Gasteiger charge is 2.32. The van der Waals surface area contributed by atoms with Crippen LogP contribution in [-0.2, 0) is 33.9 Å². The van der Waals surface area contributed by atoms with Crippen LogP contribution in [-0.4, -0.2) is 32.6 Å². The first-order valence-corrected chi connectivity index (χ1v) is 14.2. The third-order valence-corrected chi connectivity index (χ3v) is 7.73. The number of aromatic nitrogens is 1. The molecule has 0 aliphatic heterocycles. The van der Waals surface area contributed by atoms with Crippen LogP contribution in [0.3, 0.4) is 0 Å². The molecule has 1 aromatic heterocycles. The smallest absolute Gasteiger partial charge is 0.413 e. The van der Waals surface area contributed by atoms with Crippen molar-refractivity contribution in [3.63, 3.8) is 0 Å². The van der Waals surface area contributed by atoms with Gasteiger partial charge in [-0.3, -0.25) is 5.32 Å². The van der Waals surface area contributed by atoms with Crippen LogP contribution in [0.4, 0.5) is 9.93 Å². The Kier molecular flexibility index (Phi) is 10.1. The van der Waals surface area contributed by atoms with Gasteiger partial charge in [-0.2, -0.15) is 0 Å². The third-order valence-electron chi connectivity index (χ3n) is 5.19. The number of carbonyl (C=O) groups is 1. The average Bonchev–Trinajstić information content (AvgIpc) is 3.27. The number of nitrogens with zero attached hydrogens (tertiary/aromatic N) is 1. The Morgan fingerprint density at radius 3 is 2.41 bits per heavy atom. The molecule has 3 rings (SSSR count). The van der Waals surface area contributed by atoms with Gasteiger partial charge < -0.3 is 14.0 Å². The minimum Gasteiger partial charge on any atom is -0.598 e. The van der Waals surface area contributed by atoms with Gasteiger partial charge in [-0.05, 0) is 64.7 Å². The zero-order chi connectivity index (χ0) is 27.1. The summed E-state index contributed by atoms with van der Waals surface area (Å²) in [4.78, 5) is 17.5. The molecule has 1 amide bonds. The number of carbonyl (C=O) groups excluding carboxylic acids is 1. The average molecular weight is 544 g/mol. The van der Waals surface area contributed by atoms with Crippen LogP contribution < -0.4 is 10.0 Å². The first kappa shape index (κ1) is 29.1. The topological polar surface area (TPSA) is 95.5 Å². The summed E-state index contributed by atoms with van der Waals surface area (Å²) >= 11 is -0.0123. The quantitative estimate of drug-likeness (QED) is 0.227. The molecule has 0 radical (unpaired) electrons. The van der Waals surface area contributed by atoms with Gasteiger partial charge in [-0.15, -0.1) is 4.72 Å². The molecule has 0 aliphatic carbocycles. The van der Waals surface area contributed by atoms with Gasteiger partial charge in [-0.25, -0.2) is 9.78 Å². The molecule has 0 spiro atoms. The monoisotopic (exact) mass is 543 g/mol. The van der Waals surface area contributed by atoms with Gasteiger partial charge in [0, 0.05) is 17.6 Å². The number of hydrogen-bond donors (Lipinski definition) is 2. The molecule has 2 N–H and O–H groups in total. The molecular weight excluding hydrogens is 506 g/mol. The van der Waals surface area contributed by atoms with Crippen molar-refractivity contribution in [2.75, 3.05) is 11.9 Å². The van der Waals surface area contributed by atoms with Crippen molar-refractivity contribution in [1.82, 2.24) is 9.71 Å². The Labute approximate surface area is 227 Å². The summed E-state index contributed by atoms with van der Waals surface area (Å²) in [5, 5.41) is 3.12. The maximum Gasteiger partial charge on any atom is 0.413 e. The fourth-order valence-electron chi connectivity index (χ4n) is 3.42. The highest BCUT2D eigenvalue weighted by molar-refractivity contribution is 7.90. The highest BCUT2D eigenvalue weighted by atomic mass is 32.2. The van der Waals surface area contributed by atoms with E-state index >= 15 is 0 Å². The minimum absolute atomic E-state index is 0.378. The molecular formula is C28H37N3O4S2. The lowest BCUT2D eigenvalue weighted by Crippen LogP contribution is -2.41. The normalized spacial score (nSPS) is 13.7. The van der Waals surface area contributed by atoms with Crippen molar-refractivity contribution >= 4 is 33.9 Å². The number of rotatable bonds is 10. The molecule has 0 saturated carbocycles. The first-order valence-electron chi connectivity index (χ1n) is 12.3. The molecule has 0 bridgehead atoms. The standard InChI is InChI=1S/C28H37N3O4S2/c1-27(2,3)35-26(32)30-25-29-18-23(36-25)24(31-37(33)28(4,5)6)22-15-11-10-14-21(22)16-17-34-19-20-12-8-7-9-13-20/h7-15,18,24,31H,16-17,19H2,1-6H3,(H,29,30,32). The molecule has 0 fully saturated rings. The van der Waals surface area contributed by atoms with Crippen LogP contribution >= 0.6 is 11.3 Å². The number of nitrogens with one attached hydrogen (secondary N) is 2. The zero-order valence-corrected chi connectivity index (χ0v) is 24.0. The van der Waals surface area contributed by atoms with Crippen LogP contribution in [0.25, 0.3) is 0 Å². The Morgan fingerprint density at radius 1 is 1.05 bits per heavy atom. The molecule has 200 valence electrons. The predicted octanol–water partition coefficient (Wildman–Crippen LogP) is 6.39. The van der Waals surface area contributed by atoms with E-state index in [1.54, 1.807) is 6.20 Å². The number of thiazole rings is 1. The second kappa shape index (κ2) is 12.9. The van der Waals surface area contributed by atoms with E-state index in [0.717, 1.165) is 21.6 Å².